The molecule has 1 saturated heterocycles. The van der Waals surface area contributed by atoms with Crippen molar-refractivity contribution < 1.29 is 14.3 Å². The van der Waals surface area contributed by atoms with Gasteiger partial charge in [0, 0.05) is 26.2 Å². The molecule has 1 rings (SSSR count). The Labute approximate surface area is 108 Å². The van der Waals surface area contributed by atoms with Crippen molar-refractivity contribution >= 4 is 11.8 Å². The van der Waals surface area contributed by atoms with Crippen molar-refractivity contribution in [2.24, 2.45) is 5.92 Å². The molecule has 0 aromatic heterocycles. The second-order valence-electron chi connectivity index (χ2n) is 4.64. The average molecular weight is 257 g/mol. The van der Waals surface area contributed by atoms with E-state index in [1.165, 1.54) is 0 Å². The van der Waals surface area contributed by atoms with Crippen LogP contribution in [0.2, 0.25) is 0 Å². The molecular formula is C12H23N3O3. The van der Waals surface area contributed by atoms with Crippen molar-refractivity contribution in [1.29, 1.82) is 0 Å². The fourth-order valence-corrected chi connectivity index (χ4v) is 1.89. The number of carbonyl (C=O) groups excluding carboxylic acids is 2. The molecule has 0 aromatic rings. The van der Waals surface area contributed by atoms with E-state index in [9.17, 15) is 9.59 Å². The van der Waals surface area contributed by atoms with Crippen LogP contribution in [-0.2, 0) is 14.3 Å². The molecule has 2 atom stereocenters. The van der Waals surface area contributed by atoms with Crippen LogP contribution in [0.5, 0.6) is 0 Å². The summed E-state index contributed by atoms with van der Waals surface area (Å²) in [5.41, 5.74) is 0. The van der Waals surface area contributed by atoms with Gasteiger partial charge in [-0.1, -0.05) is 0 Å². The van der Waals surface area contributed by atoms with Crippen LogP contribution >= 0.6 is 0 Å². The Hall–Kier alpha value is -1.14. The van der Waals surface area contributed by atoms with Crippen LogP contribution in [0.25, 0.3) is 0 Å². The first-order chi connectivity index (χ1) is 8.63. The summed E-state index contributed by atoms with van der Waals surface area (Å²) in [6.45, 7) is 3.78. The number of rotatable bonds is 6. The van der Waals surface area contributed by atoms with Gasteiger partial charge in [0.2, 0.25) is 11.8 Å². The van der Waals surface area contributed by atoms with Gasteiger partial charge in [-0.25, -0.2) is 0 Å². The van der Waals surface area contributed by atoms with Crippen LogP contribution in [-0.4, -0.2) is 51.2 Å². The zero-order valence-corrected chi connectivity index (χ0v) is 11.1. The van der Waals surface area contributed by atoms with Crippen LogP contribution in [0.3, 0.4) is 0 Å². The molecule has 104 valence electrons. The molecule has 0 spiro atoms. The van der Waals surface area contributed by atoms with Crippen LogP contribution in [0, 0.1) is 5.92 Å². The third kappa shape index (κ3) is 5.46. The van der Waals surface area contributed by atoms with Gasteiger partial charge in [0.25, 0.3) is 0 Å². The lowest BCUT2D eigenvalue weighted by Gasteiger charge is -2.26. The first-order valence-electron chi connectivity index (χ1n) is 6.40. The van der Waals surface area contributed by atoms with Crippen molar-refractivity contribution in [3.05, 3.63) is 0 Å². The Morgan fingerprint density at radius 2 is 2.11 bits per heavy atom. The van der Waals surface area contributed by atoms with Gasteiger partial charge in [0.05, 0.1) is 19.1 Å². The molecule has 1 aliphatic heterocycles. The Morgan fingerprint density at radius 1 is 1.33 bits per heavy atom. The normalized spacial score (nSPS) is 23.4. The van der Waals surface area contributed by atoms with Crippen LogP contribution in [0.4, 0.5) is 0 Å². The summed E-state index contributed by atoms with van der Waals surface area (Å²) < 4.78 is 4.81. The van der Waals surface area contributed by atoms with Crippen molar-refractivity contribution in [1.82, 2.24) is 16.0 Å². The lowest BCUT2D eigenvalue weighted by Crippen LogP contribution is -2.46. The summed E-state index contributed by atoms with van der Waals surface area (Å²) in [7, 11) is 1.57. The summed E-state index contributed by atoms with van der Waals surface area (Å²) in [5, 5.41) is 8.58. The Kier molecular flexibility index (Phi) is 6.67. The maximum atomic E-state index is 11.8. The summed E-state index contributed by atoms with van der Waals surface area (Å²) in [4.78, 5) is 23.1. The standard InChI is InChI=1S/C12H23N3O3/c1-9-3-4-10(7-14-9)12(17)15-8-11(16)13-5-6-18-2/h9-10,14H,3-8H2,1-2H3,(H,13,16)(H,15,17). The largest absolute Gasteiger partial charge is 0.383 e. The van der Waals surface area contributed by atoms with E-state index in [-0.39, 0.29) is 24.3 Å². The monoisotopic (exact) mass is 257 g/mol. The van der Waals surface area contributed by atoms with Crippen molar-refractivity contribution in [2.75, 3.05) is 33.4 Å². The molecule has 6 nitrogen and oxygen atoms in total. The Morgan fingerprint density at radius 3 is 2.72 bits per heavy atom. The van der Waals surface area contributed by atoms with Crippen LogP contribution in [0.15, 0.2) is 0 Å². The Bertz CT molecular complexity index is 276. The number of piperidine rings is 1. The van der Waals surface area contributed by atoms with Gasteiger partial charge in [-0.3, -0.25) is 9.59 Å². The molecule has 1 fully saturated rings. The SMILES string of the molecule is COCCNC(=O)CNC(=O)C1CCC(C)NC1. The highest BCUT2D eigenvalue weighted by atomic mass is 16.5. The van der Waals surface area contributed by atoms with E-state index >= 15 is 0 Å². The maximum Gasteiger partial charge on any atom is 0.239 e. The quantitative estimate of drug-likeness (QED) is 0.547. The maximum absolute atomic E-state index is 11.8. The second-order valence-corrected chi connectivity index (χ2v) is 4.64. The minimum absolute atomic E-state index is 0.0204. The van der Waals surface area contributed by atoms with E-state index in [4.69, 9.17) is 4.74 Å². The zero-order chi connectivity index (χ0) is 13.4. The topological polar surface area (TPSA) is 79.5 Å². The van der Waals surface area contributed by atoms with E-state index in [2.05, 4.69) is 22.9 Å². The third-order valence-electron chi connectivity index (χ3n) is 3.08. The van der Waals surface area contributed by atoms with Gasteiger partial charge in [0.1, 0.15) is 0 Å². The summed E-state index contributed by atoms with van der Waals surface area (Å²) in [6, 6.07) is 0.478. The van der Waals surface area contributed by atoms with E-state index in [0.717, 1.165) is 12.8 Å². The fraction of sp³-hybridized carbons (Fsp3) is 0.833. The lowest BCUT2D eigenvalue weighted by atomic mass is 9.95. The number of carbonyl (C=O) groups is 2. The summed E-state index contributed by atoms with van der Waals surface area (Å²) in [5.74, 6) is -0.248. The van der Waals surface area contributed by atoms with Gasteiger partial charge in [-0.15, -0.1) is 0 Å². The molecule has 1 aliphatic rings. The number of nitrogens with one attached hydrogen (secondary N) is 3. The van der Waals surface area contributed by atoms with Gasteiger partial charge in [0.15, 0.2) is 0 Å². The van der Waals surface area contributed by atoms with E-state index in [1.807, 2.05) is 0 Å². The molecule has 18 heavy (non-hydrogen) atoms. The van der Waals surface area contributed by atoms with Crippen molar-refractivity contribution in [3.63, 3.8) is 0 Å². The number of hydrogen-bond donors (Lipinski definition) is 3. The third-order valence-corrected chi connectivity index (χ3v) is 3.08. The van der Waals surface area contributed by atoms with E-state index < -0.39 is 0 Å². The van der Waals surface area contributed by atoms with Gasteiger partial charge < -0.3 is 20.7 Å². The van der Waals surface area contributed by atoms with Gasteiger partial charge >= 0.3 is 0 Å². The van der Waals surface area contributed by atoms with Crippen LogP contribution in [0.1, 0.15) is 19.8 Å². The average Bonchev–Trinajstić information content (AvgIpc) is 2.37. The number of methoxy groups -OCH3 is 1. The molecule has 1 heterocycles. The molecule has 2 unspecified atom stereocenters. The molecule has 0 aliphatic carbocycles. The van der Waals surface area contributed by atoms with E-state index in [0.29, 0.717) is 25.7 Å². The fourth-order valence-electron chi connectivity index (χ4n) is 1.89. The van der Waals surface area contributed by atoms with Crippen molar-refractivity contribution in [2.45, 2.75) is 25.8 Å². The Balaban J connectivity index is 2.14. The molecule has 2 amide bonds. The van der Waals surface area contributed by atoms with Gasteiger partial charge in [-0.2, -0.15) is 0 Å². The predicted octanol–water partition coefficient (Wildman–Crippen LogP) is -0.747. The highest BCUT2D eigenvalue weighted by Gasteiger charge is 2.23. The molecule has 0 saturated carbocycles. The molecule has 0 bridgehead atoms. The highest BCUT2D eigenvalue weighted by Crippen LogP contribution is 2.13. The molecular weight excluding hydrogens is 234 g/mol. The molecule has 3 N–H and O–H groups in total. The van der Waals surface area contributed by atoms with E-state index in [1.54, 1.807) is 7.11 Å². The minimum Gasteiger partial charge on any atom is -0.383 e. The lowest BCUT2D eigenvalue weighted by molar-refractivity contribution is -0.129. The van der Waals surface area contributed by atoms with Crippen LogP contribution < -0.4 is 16.0 Å². The molecule has 0 radical (unpaired) electrons. The minimum atomic E-state index is -0.183. The zero-order valence-electron chi connectivity index (χ0n) is 11.1. The number of amides is 2. The molecule has 6 heteroatoms. The smallest absolute Gasteiger partial charge is 0.239 e. The van der Waals surface area contributed by atoms with Gasteiger partial charge in [-0.05, 0) is 19.8 Å². The summed E-state index contributed by atoms with van der Waals surface area (Å²) in [6.07, 6.45) is 1.88. The predicted molar refractivity (Wildman–Crippen MR) is 68.1 cm³/mol. The number of hydrogen-bond acceptors (Lipinski definition) is 4. The first-order valence-corrected chi connectivity index (χ1v) is 6.40. The molecule has 0 aromatic carbocycles. The highest BCUT2D eigenvalue weighted by molar-refractivity contribution is 5.85. The first kappa shape index (κ1) is 14.9. The second kappa shape index (κ2) is 8.05. The van der Waals surface area contributed by atoms with Crippen molar-refractivity contribution in [3.8, 4) is 0 Å². The number of ether oxygens (including phenoxy) is 1. The summed E-state index contributed by atoms with van der Waals surface area (Å²) >= 11 is 0.